The minimum Gasteiger partial charge on any atom is -0.469 e. The van der Waals surface area contributed by atoms with Crippen LogP contribution in [-0.4, -0.2) is 27.8 Å². The molecular weight excluding hydrogens is 352 g/mol. The molecule has 124 valence electrons. The average Bonchev–Trinajstić information content (AvgIpc) is 3.25. The highest BCUT2D eigenvalue weighted by atomic mass is 32.2. The molecule has 8 nitrogen and oxygen atoms in total. The van der Waals surface area contributed by atoms with Crippen LogP contribution in [0.2, 0.25) is 0 Å². The van der Waals surface area contributed by atoms with Gasteiger partial charge in [-0.05, 0) is 24.4 Å². The minimum atomic E-state index is -0.587. The van der Waals surface area contributed by atoms with Crippen LogP contribution in [0.5, 0.6) is 0 Å². The Morgan fingerprint density at radius 1 is 1.38 bits per heavy atom. The van der Waals surface area contributed by atoms with Crippen molar-refractivity contribution in [3.05, 3.63) is 35.1 Å². The van der Waals surface area contributed by atoms with E-state index in [0.717, 1.165) is 11.8 Å². The van der Waals surface area contributed by atoms with E-state index >= 15 is 0 Å². The maximum Gasteiger partial charge on any atom is 0.277 e. The van der Waals surface area contributed by atoms with Crippen molar-refractivity contribution < 1.29 is 18.4 Å². The summed E-state index contributed by atoms with van der Waals surface area (Å²) in [4.78, 5) is 23.2. The maximum atomic E-state index is 12.0. The summed E-state index contributed by atoms with van der Waals surface area (Å²) in [6.45, 7) is 1.79. The molecule has 0 atom stereocenters. The number of nitrogens with zero attached hydrogens (tertiary/aromatic N) is 2. The van der Waals surface area contributed by atoms with Crippen molar-refractivity contribution in [1.29, 1.82) is 0 Å². The van der Waals surface area contributed by atoms with E-state index in [0.29, 0.717) is 22.2 Å². The van der Waals surface area contributed by atoms with Crippen LogP contribution in [0.15, 0.2) is 37.8 Å². The highest BCUT2D eigenvalue weighted by Crippen LogP contribution is 2.27. The summed E-state index contributed by atoms with van der Waals surface area (Å²) in [6, 6.07) is 3.29. The van der Waals surface area contributed by atoms with Gasteiger partial charge in [-0.15, -0.1) is 21.5 Å². The van der Waals surface area contributed by atoms with Gasteiger partial charge in [-0.1, -0.05) is 11.8 Å². The lowest BCUT2D eigenvalue weighted by atomic mass is 10.3. The summed E-state index contributed by atoms with van der Waals surface area (Å²) < 4.78 is 10.7. The maximum absolute atomic E-state index is 12.0. The van der Waals surface area contributed by atoms with Gasteiger partial charge in [-0.25, -0.2) is 0 Å². The monoisotopic (exact) mass is 364 g/mol. The molecule has 3 aromatic heterocycles. The molecule has 10 heteroatoms. The number of thioether (sulfide) groups is 1. The topological polar surface area (TPSA) is 124 Å². The van der Waals surface area contributed by atoms with Gasteiger partial charge in [0.05, 0.1) is 23.1 Å². The van der Waals surface area contributed by atoms with Gasteiger partial charge in [0.15, 0.2) is 0 Å². The van der Waals surface area contributed by atoms with E-state index < -0.39 is 5.91 Å². The molecule has 3 aromatic rings. The quantitative estimate of drug-likeness (QED) is 0.644. The predicted octanol–water partition coefficient (Wildman–Crippen LogP) is 2.53. The third kappa shape index (κ3) is 3.49. The zero-order valence-electron chi connectivity index (χ0n) is 12.4. The van der Waals surface area contributed by atoms with Gasteiger partial charge in [0, 0.05) is 0 Å². The number of aromatic nitrogens is 2. The van der Waals surface area contributed by atoms with Gasteiger partial charge in [-0.2, -0.15) is 0 Å². The fourth-order valence-electron chi connectivity index (χ4n) is 1.87. The van der Waals surface area contributed by atoms with Gasteiger partial charge in [0.2, 0.25) is 5.91 Å². The summed E-state index contributed by atoms with van der Waals surface area (Å²) in [7, 11) is 0. The molecule has 0 spiro atoms. The molecule has 0 saturated carbocycles. The largest absolute Gasteiger partial charge is 0.469 e. The zero-order valence-corrected chi connectivity index (χ0v) is 14.1. The summed E-state index contributed by atoms with van der Waals surface area (Å²) >= 11 is 2.32. The van der Waals surface area contributed by atoms with Crippen molar-refractivity contribution in [3.63, 3.8) is 0 Å². The number of nitrogens with two attached hydrogens (primary N) is 1. The first kappa shape index (κ1) is 16.3. The van der Waals surface area contributed by atoms with E-state index in [1.807, 2.05) is 0 Å². The molecule has 3 N–H and O–H groups in total. The molecule has 0 aromatic carbocycles. The van der Waals surface area contributed by atoms with Crippen molar-refractivity contribution in [1.82, 2.24) is 10.2 Å². The Morgan fingerprint density at radius 2 is 2.21 bits per heavy atom. The van der Waals surface area contributed by atoms with E-state index in [2.05, 4.69) is 15.5 Å². The van der Waals surface area contributed by atoms with Crippen LogP contribution in [0, 0.1) is 6.92 Å². The lowest BCUT2D eigenvalue weighted by molar-refractivity contribution is -0.113. The van der Waals surface area contributed by atoms with E-state index in [9.17, 15) is 9.59 Å². The van der Waals surface area contributed by atoms with Crippen LogP contribution >= 0.6 is 23.1 Å². The summed E-state index contributed by atoms with van der Waals surface area (Å²) in [5, 5.41) is 12.8. The smallest absolute Gasteiger partial charge is 0.277 e. The summed E-state index contributed by atoms with van der Waals surface area (Å²) in [5.41, 5.74) is 6.23. The molecule has 3 rings (SSSR count). The SMILES string of the molecule is Cc1occc1-c1nnc(SCC(=O)Nc2sccc2C(N)=O)o1. The number of furan rings is 1. The molecule has 0 unspecified atom stereocenters. The van der Waals surface area contributed by atoms with Crippen LogP contribution < -0.4 is 11.1 Å². The van der Waals surface area contributed by atoms with Crippen molar-refractivity contribution >= 4 is 39.9 Å². The number of rotatable bonds is 6. The third-order valence-corrected chi connectivity index (χ3v) is 4.65. The molecule has 2 amide bonds. The zero-order chi connectivity index (χ0) is 17.1. The lowest BCUT2D eigenvalue weighted by Crippen LogP contribution is -2.17. The van der Waals surface area contributed by atoms with Crippen LogP contribution in [0.3, 0.4) is 0 Å². The molecule has 0 bridgehead atoms. The van der Waals surface area contributed by atoms with Crippen LogP contribution in [0.25, 0.3) is 11.5 Å². The van der Waals surface area contributed by atoms with E-state index in [-0.39, 0.29) is 22.4 Å². The number of anilines is 1. The van der Waals surface area contributed by atoms with Crippen molar-refractivity contribution in [2.24, 2.45) is 5.73 Å². The number of amides is 2. The van der Waals surface area contributed by atoms with Crippen molar-refractivity contribution in [2.45, 2.75) is 12.1 Å². The molecule has 0 aliphatic rings. The highest BCUT2D eigenvalue weighted by Gasteiger charge is 2.16. The van der Waals surface area contributed by atoms with Gasteiger partial charge in [0.1, 0.15) is 10.8 Å². The Hall–Kier alpha value is -2.59. The van der Waals surface area contributed by atoms with E-state index in [1.54, 1.807) is 24.4 Å². The van der Waals surface area contributed by atoms with Gasteiger partial charge >= 0.3 is 0 Å². The first-order valence-corrected chi connectivity index (χ1v) is 8.59. The Bertz CT molecular complexity index is 883. The number of nitrogens with one attached hydrogen (secondary N) is 1. The fourth-order valence-corrected chi connectivity index (χ4v) is 3.25. The standard InChI is InChI=1S/C14H12N4O4S2/c1-7-8(2-4-21-7)12-17-18-14(22-12)24-6-10(19)16-13-9(11(15)20)3-5-23-13/h2-5H,6H2,1H3,(H2,15,20)(H,16,19). The highest BCUT2D eigenvalue weighted by molar-refractivity contribution is 7.99. The second-order valence-electron chi connectivity index (χ2n) is 4.63. The van der Waals surface area contributed by atoms with Gasteiger partial charge in [-0.3, -0.25) is 9.59 Å². The lowest BCUT2D eigenvalue weighted by Gasteiger charge is -2.02. The normalized spacial score (nSPS) is 10.7. The minimum absolute atomic E-state index is 0.0576. The number of aryl methyl sites for hydroxylation is 1. The molecule has 24 heavy (non-hydrogen) atoms. The third-order valence-electron chi connectivity index (χ3n) is 3.01. The van der Waals surface area contributed by atoms with E-state index in [1.165, 1.54) is 17.6 Å². The van der Waals surface area contributed by atoms with Gasteiger partial charge in [0.25, 0.3) is 17.0 Å². The van der Waals surface area contributed by atoms with Crippen molar-refractivity contribution in [3.8, 4) is 11.5 Å². The molecule has 3 heterocycles. The number of hydrogen-bond acceptors (Lipinski definition) is 8. The summed E-state index contributed by atoms with van der Waals surface area (Å²) in [5.74, 6) is 0.172. The average molecular weight is 364 g/mol. The molecule has 0 fully saturated rings. The van der Waals surface area contributed by atoms with E-state index in [4.69, 9.17) is 14.6 Å². The van der Waals surface area contributed by atoms with Crippen LogP contribution in [0.1, 0.15) is 16.1 Å². The summed E-state index contributed by atoms with van der Waals surface area (Å²) in [6.07, 6.45) is 1.53. The Labute approximate surface area is 144 Å². The Morgan fingerprint density at radius 3 is 2.92 bits per heavy atom. The number of thiophene rings is 1. The van der Waals surface area contributed by atoms with Crippen LogP contribution in [-0.2, 0) is 4.79 Å². The first-order valence-electron chi connectivity index (χ1n) is 6.72. The van der Waals surface area contributed by atoms with Gasteiger partial charge < -0.3 is 19.9 Å². The molecule has 0 aliphatic carbocycles. The number of carbonyl (C=O) groups is 2. The fraction of sp³-hybridized carbons (Fsp3) is 0.143. The Kier molecular flexibility index (Phi) is 4.67. The molecule has 0 radical (unpaired) electrons. The molecular formula is C14H12N4O4S2. The first-order chi connectivity index (χ1) is 11.5. The number of hydrogen-bond donors (Lipinski definition) is 2. The Balaban J connectivity index is 1.59. The second-order valence-corrected chi connectivity index (χ2v) is 6.47. The van der Waals surface area contributed by atoms with Crippen molar-refractivity contribution in [2.75, 3.05) is 11.1 Å². The number of primary amides is 1. The second kappa shape index (κ2) is 6.89. The molecule has 0 saturated heterocycles. The molecule has 0 aliphatic heterocycles. The predicted molar refractivity (Wildman–Crippen MR) is 88.9 cm³/mol. The number of carbonyl (C=O) groups excluding carboxylic acids is 2. The van der Waals surface area contributed by atoms with Crippen LogP contribution in [0.4, 0.5) is 5.00 Å².